The van der Waals surface area contributed by atoms with E-state index in [0.29, 0.717) is 9.23 Å². The topological polar surface area (TPSA) is 35.6 Å². The molecule has 2 aliphatic heterocycles. The average molecular weight is 396 g/mol. The molecule has 0 radical (unpaired) electrons. The number of benzene rings is 2. The minimum absolute atomic E-state index is 0.104. The lowest BCUT2D eigenvalue weighted by Crippen LogP contribution is -2.46. The van der Waals surface area contributed by atoms with E-state index in [9.17, 15) is 4.79 Å². The van der Waals surface area contributed by atoms with Crippen LogP contribution in [0.2, 0.25) is 0 Å². The molecule has 0 bridgehead atoms. The fourth-order valence-electron chi connectivity index (χ4n) is 3.45. The molecule has 0 spiro atoms. The summed E-state index contributed by atoms with van der Waals surface area (Å²) in [6.45, 7) is 5.00. The molecule has 2 fully saturated rings. The molecule has 0 aromatic heterocycles. The van der Waals surface area contributed by atoms with Gasteiger partial charge in [0.25, 0.3) is 5.91 Å². The Hall–Kier alpha value is -2.15. The maximum atomic E-state index is 12.0. The number of para-hydroxylation sites is 1. The van der Waals surface area contributed by atoms with E-state index in [4.69, 9.17) is 12.2 Å². The Bertz CT molecular complexity index is 874. The van der Waals surface area contributed by atoms with Gasteiger partial charge in [0.05, 0.1) is 4.91 Å². The zero-order valence-corrected chi connectivity index (χ0v) is 16.6. The molecule has 2 heterocycles. The van der Waals surface area contributed by atoms with Gasteiger partial charge >= 0.3 is 0 Å². The first-order valence-electron chi connectivity index (χ1n) is 9.04. The molecule has 0 unspecified atom stereocenters. The van der Waals surface area contributed by atoms with E-state index in [1.54, 1.807) is 0 Å². The molecule has 138 valence electrons. The first kappa shape index (κ1) is 18.2. The molecule has 0 atom stereocenters. The molecule has 4 nitrogen and oxygen atoms in total. The molecule has 2 saturated heterocycles. The second-order valence-corrected chi connectivity index (χ2v) is 8.38. The Balaban J connectivity index is 1.45. The number of carbonyl (C=O) groups excluding carboxylic acids is 1. The number of amides is 1. The Morgan fingerprint density at radius 1 is 1.00 bits per heavy atom. The van der Waals surface area contributed by atoms with Gasteiger partial charge in [0, 0.05) is 38.4 Å². The lowest BCUT2D eigenvalue weighted by molar-refractivity contribution is -0.115. The highest BCUT2D eigenvalue weighted by Crippen LogP contribution is 2.30. The summed E-state index contributed by atoms with van der Waals surface area (Å²) in [6.07, 6.45) is 1.95. The number of thiocarbonyl (C=S) groups is 1. The highest BCUT2D eigenvalue weighted by atomic mass is 32.2. The van der Waals surface area contributed by atoms with Gasteiger partial charge in [-0.2, -0.15) is 0 Å². The zero-order valence-electron chi connectivity index (χ0n) is 14.9. The van der Waals surface area contributed by atoms with Crippen molar-refractivity contribution in [1.82, 2.24) is 10.2 Å². The fraction of sp³-hybridized carbons (Fsp3) is 0.238. The van der Waals surface area contributed by atoms with Gasteiger partial charge in [0.2, 0.25) is 0 Å². The molecule has 4 rings (SSSR count). The number of carbonyl (C=O) groups is 1. The van der Waals surface area contributed by atoms with E-state index < -0.39 is 0 Å². The van der Waals surface area contributed by atoms with E-state index in [-0.39, 0.29) is 5.91 Å². The SMILES string of the molecule is O=C1NC(=S)S/C1=C\c1ccccc1N1CCN(Cc2ccccc2)CC1. The summed E-state index contributed by atoms with van der Waals surface area (Å²) in [6, 6.07) is 18.9. The largest absolute Gasteiger partial charge is 0.368 e. The van der Waals surface area contributed by atoms with Crippen LogP contribution in [-0.4, -0.2) is 41.3 Å². The smallest absolute Gasteiger partial charge is 0.263 e. The van der Waals surface area contributed by atoms with Gasteiger partial charge in [0.15, 0.2) is 0 Å². The molecular formula is C21H21N3OS2. The molecule has 1 N–H and O–H groups in total. The Morgan fingerprint density at radius 2 is 1.70 bits per heavy atom. The molecule has 0 aliphatic carbocycles. The van der Waals surface area contributed by atoms with Crippen molar-refractivity contribution in [2.45, 2.75) is 6.54 Å². The van der Waals surface area contributed by atoms with E-state index in [0.717, 1.165) is 38.3 Å². The quantitative estimate of drug-likeness (QED) is 0.633. The minimum atomic E-state index is -0.104. The van der Waals surface area contributed by atoms with Crippen molar-refractivity contribution in [3.05, 3.63) is 70.6 Å². The summed E-state index contributed by atoms with van der Waals surface area (Å²) >= 11 is 6.42. The number of hydrogen-bond acceptors (Lipinski definition) is 5. The van der Waals surface area contributed by atoms with Crippen molar-refractivity contribution >= 4 is 46.0 Å². The number of rotatable bonds is 4. The van der Waals surface area contributed by atoms with Crippen LogP contribution < -0.4 is 10.2 Å². The van der Waals surface area contributed by atoms with Crippen molar-refractivity contribution in [3.63, 3.8) is 0 Å². The van der Waals surface area contributed by atoms with Crippen LogP contribution in [0.25, 0.3) is 6.08 Å². The predicted molar refractivity (Wildman–Crippen MR) is 117 cm³/mol. The van der Waals surface area contributed by atoms with Gasteiger partial charge in [-0.1, -0.05) is 72.5 Å². The van der Waals surface area contributed by atoms with Gasteiger partial charge in [-0.15, -0.1) is 0 Å². The summed E-state index contributed by atoms with van der Waals surface area (Å²) in [5.74, 6) is -0.104. The third-order valence-electron chi connectivity index (χ3n) is 4.83. The van der Waals surface area contributed by atoms with Crippen molar-refractivity contribution in [2.24, 2.45) is 0 Å². The van der Waals surface area contributed by atoms with Crippen molar-refractivity contribution in [2.75, 3.05) is 31.1 Å². The van der Waals surface area contributed by atoms with Crippen LogP contribution in [0.5, 0.6) is 0 Å². The number of hydrogen-bond donors (Lipinski definition) is 1. The number of nitrogens with one attached hydrogen (secondary N) is 1. The van der Waals surface area contributed by atoms with Crippen LogP contribution in [0.15, 0.2) is 59.5 Å². The summed E-state index contributed by atoms with van der Waals surface area (Å²) in [5, 5.41) is 2.68. The van der Waals surface area contributed by atoms with E-state index in [2.05, 4.69) is 63.6 Å². The second kappa shape index (κ2) is 8.25. The average Bonchev–Trinajstić information content (AvgIpc) is 3.01. The summed E-state index contributed by atoms with van der Waals surface area (Å²) in [5.41, 5.74) is 3.60. The highest BCUT2D eigenvalue weighted by Gasteiger charge is 2.23. The monoisotopic (exact) mass is 395 g/mol. The predicted octanol–water partition coefficient (Wildman–Crippen LogP) is 3.50. The fourth-order valence-corrected chi connectivity index (χ4v) is 4.48. The van der Waals surface area contributed by atoms with Gasteiger partial charge in [-0.25, -0.2) is 0 Å². The van der Waals surface area contributed by atoms with Crippen molar-refractivity contribution in [1.29, 1.82) is 0 Å². The molecule has 1 amide bonds. The molecule has 0 saturated carbocycles. The van der Waals surface area contributed by atoms with Gasteiger partial charge in [-0.05, 0) is 23.3 Å². The lowest BCUT2D eigenvalue weighted by atomic mass is 10.1. The molecule has 2 aromatic carbocycles. The third kappa shape index (κ3) is 4.40. The van der Waals surface area contributed by atoms with Crippen LogP contribution in [0.1, 0.15) is 11.1 Å². The number of anilines is 1. The second-order valence-electron chi connectivity index (χ2n) is 6.66. The molecular weight excluding hydrogens is 374 g/mol. The van der Waals surface area contributed by atoms with Crippen LogP contribution in [0.3, 0.4) is 0 Å². The van der Waals surface area contributed by atoms with Crippen LogP contribution in [0, 0.1) is 0 Å². The summed E-state index contributed by atoms with van der Waals surface area (Å²) in [7, 11) is 0. The minimum Gasteiger partial charge on any atom is -0.368 e. The standard InChI is InChI=1S/C21H21N3OS2/c25-20-19(27-21(26)22-20)14-17-8-4-5-9-18(17)24-12-10-23(11-13-24)15-16-6-2-1-3-7-16/h1-9,14H,10-13,15H2,(H,22,25,26)/b19-14-. The van der Waals surface area contributed by atoms with E-state index in [1.807, 2.05) is 12.1 Å². The van der Waals surface area contributed by atoms with E-state index in [1.165, 1.54) is 23.0 Å². The Labute approximate surface area is 169 Å². The molecule has 2 aromatic rings. The molecule has 2 aliphatic rings. The number of nitrogens with zero attached hydrogens (tertiary/aromatic N) is 2. The molecule has 6 heteroatoms. The number of piperazine rings is 1. The summed E-state index contributed by atoms with van der Waals surface area (Å²) < 4.78 is 0.526. The zero-order chi connectivity index (χ0) is 18.6. The van der Waals surface area contributed by atoms with Crippen LogP contribution in [0.4, 0.5) is 5.69 Å². The van der Waals surface area contributed by atoms with Crippen LogP contribution in [-0.2, 0) is 11.3 Å². The lowest BCUT2D eigenvalue weighted by Gasteiger charge is -2.36. The Morgan fingerprint density at radius 3 is 2.41 bits per heavy atom. The normalized spacial score (nSPS) is 19.6. The highest BCUT2D eigenvalue weighted by molar-refractivity contribution is 8.26. The summed E-state index contributed by atoms with van der Waals surface area (Å²) in [4.78, 5) is 17.5. The molecule has 27 heavy (non-hydrogen) atoms. The van der Waals surface area contributed by atoms with Crippen molar-refractivity contribution < 1.29 is 4.79 Å². The van der Waals surface area contributed by atoms with E-state index >= 15 is 0 Å². The van der Waals surface area contributed by atoms with Gasteiger partial charge in [-0.3, -0.25) is 9.69 Å². The van der Waals surface area contributed by atoms with Crippen LogP contribution >= 0.6 is 24.0 Å². The maximum absolute atomic E-state index is 12.0. The number of thioether (sulfide) groups is 1. The Kier molecular flexibility index (Phi) is 5.57. The third-order valence-corrected chi connectivity index (χ3v) is 5.99. The van der Waals surface area contributed by atoms with Crippen molar-refractivity contribution in [3.8, 4) is 0 Å². The first-order chi connectivity index (χ1) is 13.2. The van der Waals surface area contributed by atoms with Gasteiger partial charge < -0.3 is 10.2 Å². The maximum Gasteiger partial charge on any atom is 0.263 e. The van der Waals surface area contributed by atoms with Gasteiger partial charge in [0.1, 0.15) is 4.32 Å². The first-order valence-corrected chi connectivity index (χ1v) is 10.3.